The summed E-state index contributed by atoms with van der Waals surface area (Å²) >= 11 is 5.06. The van der Waals surface area contributed by atoms with Crippen molar-refractivity contribution >= 4 is 12.8 Å². The van der Waals surface area contributed by atoms with Crippen LogP contribution in [-0.4, -0.2) is 34.4 Å². The molecular formula is C28H57NO2S. The quantitative estimate of drug-likeness (QED) is 0.122. The number of thiol groups is 1. The van der Waals surface area contributed by atoms with Gasteiger partial charge >= 0.3 is 0 Å². The maximum absolute atomic E-state index is 6.79. The molecule has 0 aromatic heterocycles. The van der Waals surface area contributed by atoms with Crippen LogP contribution in [-0.2, 0) is 9.47 Å². The van der Waals surface area contributed by atoms with Crippen molar-refractivity contribution in [2.75, 3.05) is 13.2 Å². The highest BCUT2D eigenvalue weighted by atomic mass is 32.1. The summed E-state index contributed by atoms with van der Waals surface area (Å²) in [7, 11) is 0. The van der Waals surface area contributed by atoms with Gasteiger partial charge in [-0.25, -0.2) is 4.31 Å². The first kappa shape index (κ1) is 30.3. The number of rotatable bonds is 18. The third-order valence-electron chi connectivity index (χ3n) is 8.38. The minimum atomic E-state index is -0.512. The lowest BCUT2D eigenvalue weighted by molar-refractivity contribution is -0.316. The Labute approximate surface area is 207 Å². The fourth-order valence-electron chi connectivity index (χ4n) is 5.41. The van der Waals surface area contributed by atoms with Crippen LogP contribution in [0.1, 0.15) is 145 Å². The van der Waals surface area contributed by atoms with Crippen molar-refractivity contribution < 1.29 is 9.47 Å². The predicted octanol–water partition coefficient (Wildman–Crippen LogP) is 8.96. The van der Waals surface area contributed by atoms with Crippen LogP contribution in [0.2, 0.25) is 0 Å². The van der Waals surface area contributed by atoms with E-state index in [1.165, 1.54) is 64.2 Å². The van der Waals surface area contributed by atoms with Crippen LogP contribution >= 0.6 is 12.8 Å². The Morgan fingerprint density at radius 1 is 0.719 bits per heavy atom. The van der Waals surface area contributed by atoms with Gasteiger partial charge in [-0.1, -0.05) is 112 Å². The van der Waals surface area contributed by atoms with Crippen LogP contribution < -0.4 is 0 Å². The molecule has 3 nitrogen and oxygen atoms in total. The van der Waals surface area contributed by atoms with Gasteiger partial charge in [0, 0.05) is 23.4 Å². The normalized spacial score (nSPS) is 28.3. The first-order valence-electron chi connectivity index (χ1n) is 14.0. The van der Waals surface area contributed by atoms with E-state index in [4.69, 9.17) is 22.3 Å². The lowest BCUT2D eigenvalue weighted by Gasteiger charge is -2.62. The second kappa shape index (κ2) is 15.3. The van der Waals surface area contributed by atoms with E-state index in [0.29, 0.717) is 0 Å². The van der Waals surface area contributed by atoms with Gasteiger partial charge in [0.2, 0.25) is 0 Å². The van der Waals surface area contributed by atoms with Gasteiger partial charge in [-0.2, -0.15) is 0 Å². The molecule has 3 unspecified atom stereocenters. The van der Waals surface area contributed by atoms with Crippen molar-refractivity contribution in [1.82, 2.24) is 4.31 Å². The molecule has 0 saturated carbocycles. The summed E-state index contributed by atoms with van der Waals surface area (Å²) in [4.78, 5) is 0. The average molecular weight is 472 g/mol. The largest absolute Gasteiger partial charge is 0.349 e. The van der Waals surface area contributed by atoms with E-state index in [9.17, 15) is 0 Å². The summed E-state index contributed by atoms with van der Waals surface area (Å²) in [5.74, 6) is -0.251. The first-order chi connectivity index (χ1) is 15.3. The maximum atomic E-state index is 6.79. The molecule has 0 radical (unpaired) electrons. The molecule has 1 fully saturated rings. The standard InChI is InChI=1S/C28H57NO2S/c1-8-12-14-16-18-20-22-30-28(31-23-21-19-17-15-13-9-2)24-26(6,10-3)29(32)27(7,11-4)25(28)5/h25,32H,8-24H2,1-7H3. The van der Waals surface area contributed by atoms with Gasteiger partial charge in [0.05, 0.1) is 13.2 Å². The molecule has 1 saturated heterocycles. The minimum Gasteiger partial charge on any atom is -0.349 e. The summed E-state index contributed by atoms with van der Waals surface area (Å²) < 4.78 is 15.9. The number of hydrogen-bond acceptors (Lipinski definition) is 4. The van der Waals surface area contributed by atoms with E-state index < -0.39 is 5.79 Å². The Morgan fingerprint density at radius 3 is 1.56 bits per heavy atom. The summed E-state index contributed by atoms with van der Waals surface area (Å²) in [5, 5.41) is 0. The zero-order chi connectivity index (χ0) is 24.1. The van der Waals surface area contributed by atoms with E-state index in [1.807, 2.05) is 0 Å². The summed E-state index contributed by atoms with van der Waals surface area (Å²) in [6.45, 7) is 17.8. The highest BCUT2D eigenvalue weighted by Crippen LogP contribution is 2.53. The molecule has 3 atom stereocenters. The van der Waals surface area contributed by atoms with Crippen molar-refractivity contribution in [1.29, 1.82) is 0 Å². The maximum Gasteiger partial charge on any atom is 0.174 e. The molecule has 1 aliphatic rings. The van der Waals surface area contributed by atoms with Gasteiger partial charge in [0.25, 0.3) is 0 Å². The average Bonchev–Trinajstić information content (AvgIpc) is 2.80. The molecule has 1 heterocycles. The number of ether oxygens (including phenoxy) is 2. The summed E-state index contributed by atoms with van der Waals surface area (Å²) in [5.41, 5.74) is -0.100. The number of nitrogens with zero attached hydrogens (tertiary/aromatic N) is 1. The van der Waals surface area contributed by atoms with Crippen LogP contribution in [0.3, 0.4) is 0 Å². The predicted molar refractivity (Wildman–Crippen MR) is 143 cm³/mol. The van der Waals surface area contributed by atoms with E-state index in [-0.39, 0.29) is 17.0 Å². The fraction of sp³-hybridized carbons (Fsp3) is 1.00. The SMILES string of the molecule is CCCCCCCCOC1(OCCCCCCCC)CC(C)(CC)N(S)C(C)(CC)C1C. The number of piperidine rings is 1. The van der Waals surface area contributed by atoms with Crippen LogP contribution in [0.15, 0.2) is 0 Å². The van der Waals surface area contributed by atoms with E-state index in [0.717, 1.165) is 45.3 Å². The molecule has 0 amide bonds. The smallest absolute Gasteiger partial charge is 0.174 e. The summed E-state index contributed by atoms with van der Waals surface area (Å²) in [6.07, 6.45) is 18.4. The van der Waals surface area contributed by atoms with Gasteiger partial charge < -0.3 is 9.47 Å². The van der Waals surface area contributed by atoms with Crippen LogP contribution in [0, 0.1) is 5.92 Å². The Kier molecular flexibility index (Phi) is 14.4. The second-order valence-electron chi connectivity index (χ2n) is 10.8. The molecule has 0 aliphatic carbocycles. The Morgan fingerprint density at radius 2 is 1.16 bits per heavy atom. The van der Waals surface area contributed by atoms with Gasteiger partial charge in [0.15, 0.2) is 5.79 Å². The molecule has 4 heteroatoms. The van der Waals surface area contributed by atoms with Crippen LogP contribution in [0.4, 0.5) is 0 Å². The molecule has 1 rings (SSSR count). The number of unbranched alkanes of at least 4 members (excludes halogenated alkanes) is 10. The first-order valence-corrected chi connectivity index (χ1v) is 14.4. The molecule has 192 valence electrons. The van der Waals surface area contributed by atoms with Gasteiger partial charge in [-0.15, -0.1) is 0 Å². The highest BCUT2D eigenvalue weighted by molar-refractivity contribution is 7.77. The number of hydrogen-bond donors (Lipinski definition) is 1. The van der Waals surface area contributed by atoms with Crippen molar-refractivity contribution in [2.45, 2.75) is 162 Å². The molecule has 0 bridgehead atoms. The molecule has 0 spiro atoms. The van der Waals surface area contributed by atoms with Crippen molar-refractivity contribution in [3.8, 4) is 0 Å². The third kappa shape index (κ3) is 8.17. The second-order valence-corrected chi connectivity index (χ2v) is 11.2. The van der Waals surface area contributed by atoms with Gasteiger partial charge in [0.1, 0.15) is 0 Å². The lowest BCUT2D eigenvalue weighted by atomic mass is 9.67. The summed E-state index contributed by atoms with van der Waals surface area (Å²) in [6, 6.07) is 0. The van der Waals surface area contributed by atoms with Crippen LogP contribution in [0.25, 0.3) is 0 Å². The van der Waals surface area contributed by atoms with E-state index in [1.54, 1.807) is 0 Å². The fourth-order valence-corrected chi connectivity index (χ4v) is 5.94. The van der Waals surface area contributed by atoms with Crippen molar-refractivity contribution in [3.63, 3.8) is 0 Å². The van der Waals surface area contributed by atoms with E-state index >= 15 is 0 Å². The molecule has 32 heavy (non-hydrogen) atoms. The third-order valence-corrected chi connectivity index (χ3v) is 9.32. The zero-order valence-electron chi connectivity index (χ0n) is 22.8. The minimum absolute atomic E-state index is 0.0391. The lowest BCUT2D eigenvalue weighted by Crippen LogP contribution is -2.70. The highest BCUT2D eigenvalue weighted by Gasteiger charge is 2.60. The monoisotopic (exact) mass is 471 g/mol. The zero-order valence-corrected chi connectivity index (χ0v) is 23.7. The molecule has 0 aromatic rings. The Hall–Kier alpha value is 0.230. The topological polar surface area (TPSA) is 21.7 Å². The van der Waals surface area contributed by atoms with Crippen molar-refractivity contribution in [2.24, 2.45) is 5.92 Å². The molecule has 0 aromatic carbocycles. The Balaban J connectivity index is 2.86. The molecular weight excluding hydrogens is 414 g/mol. The van der Waals surface area contributed by atoms with Gasteiger partial charge in [-0.05, 0) is 39.5 Å². The van der Waals surface area contributed by atoms with Crippen LogP contribution in [0.5, 0.6) is 0 Å². The Bertz CT molecular complexity index is 470. The molecule has 1 aliphatic heterocycles. The van der Waals surface area contributed by atoms with E-state index in [2.05, 4.69) is 52.8 Å². The van der Waals surface area contributed by atoms with Crippen molar-refractivity contribution in [3.05, 3.63) is 0 Å². The molecule has 0 N–H and O–H groups in total. The van der Waals surface area contributed by atoms with Gasteiger partial charge in [-0.3, -0.25) is 0 Å².